The van der Waals surface area contributed by atoms with Crippen molar-refractivity contribution in [2.45, 2.75) is 32.6 Å². The first-order valence-electron chi connectivity index (χ1n) is 8.00. The molecule has 1 saturated heterocycles. The minimum Gasteiger partial charge on any atom is -0.492 e. The topological polar surface area (TPSA) is 52.9 Å². The fourth-order valence-corrected chi connectivity index (χ4v) is 2.96. The van der Waals surface area contributed by atoms with Gasteiger partial charge in [0.15, 0.2) is 0 Å². The van der Waals surface area contributed by atoms with Gasteiger partial charge in [0.05, 0.1) is 0 Å². The molecule has 116 valence electrons. The lowest BCUT2D eigenvalue weighted by Gasteiger charge is -2.31. The maximum absolute atomic E-state index is 9.14. The van der Waals surface area contributed by atoms with E-state index in [1.165, 1.54) is 38.8 Å². The number of ether oxygens (including phenoxy) is 1. The molecule has 1 fully saturated rings. The van der Waals surface area contributed by atoms with Gasteiger partial charge in [0.25, 0.3) is 0 Å². The molecule has 1 aromatic carbocycles. The summed E-state index contributed by atoms with van der Waals surface area (Å²) in [5, 5.41) is 18.3. The summed E-state index contributed by atoms with van der Waals surface area (Å²) in [5.41, 5.74) is 0.466. The molecule has 1 aliphatic rings. The molecule has 0 saturated carbocycles. The Balaban J connectivity index is 1.69. The maximum Gasteiger partial charge on any atom is 0.488 e. The van der Waals surface area contributed by atoms with Crippen molar-refractivity contribution in [3.05, 3.63) is 24.3 Å². The van der Waals surface area contributed by atoms with Gasteiger partial charge in [-0.25, -0.2) is 0 Å². The highest BCUT2D eigenvalue weighted by molar-refractivity contribution is 6.58. The van der Waals surface area contributed by atoms with Crippen LogP contribution < -0.4 is 10.2 Å². The van der Waals surface area contributed by atoms with Crippen molar-refractivity contribution in [2.75, 3.05) is 26.2 Å². The van der Waals surface area contributed by atoms with E-state index in [2.05, 4.69) is 11.8 Å². The molecule has 2 N–H and O–H groups in total. The first kappa shape index (κ1) is 16.3. The zero-order valence-corrected chi connectivity index (χ0v) is 12.9. The van der Waals surface area contributed by atoms with Gasteiger partial charge in [-0.15, -0.1) is 0 Å². The number of nitrogens with zero attached hydrogens (tertiary/aromatic N) is 1. The summed E-state index contributed by atoms with van der Waals surface area (Å²) in [6.45, 7) is 6.18. The zero-order valence-electron chi connectivity index (χ0n) is 12.9. The molecule has 4 nitrogen and oxygen atoms in total. The summed E-state index contributed by atoms with van der Waals surface area (Å²) in [6, 6.07) is 6.98. The number of hydrogen-bond donors (Lipinski definition) is 2. The average molecular weight is 291 g/mol. The summed E-state index contributed by atoms with van der Waals surface area (Å²) in [4.78, 5) is 2.46. The molecule has 0 unspecified atom stereocenters. The molecule has 0 amide bonds. The molecule has 2 rings (SSSR count). The van der Waals surface area contributed by atoms with Gasteiger partial charge in [-0.05, 0) is 49.4 Å². The lowest BCUT2D eigenvalue weighted by Crippen LogP contribution is -2.36. The van der Waals surface area contributed by atoms with E-state index in [-0.39, 0.29) is 0 Å². The third kappa shape index (κ3) is 5.34. The van der Waals surface area contributed by atoms with Crippen LogP contribution >= 0.6 is 0 Å². The van der Waals surface area contributed by atoms with Gasteiger partial charge in [0, 0.05) is 6.54 Å². The largest absolute Gasteiger partial charge is 0.492 e. The molecule has 1 heterocycles. The van der Waals surface area contributed by atoms with Gasteiger partial charge >= 0.3 is 7.12 Å². The average Bonchev–Trinajstić information content (AvgIpc) is 2.50. The van der Waals surface area contributed by atoms with Crippen molar-refractivity contribution < 1.29 is 14.8 Å². The Morgan fingerprint density at radius 3 is 2.71 bits per heavy atom. The number of benzene rings is 1. The summed E-state index contributed by atoms with van der Waals surface area (Å²) in [7, 11) is -1.44. The van der Waals surface area contributed by atoms with Gasteiger partial charge in [-0.1, -0.05) is 31.9 Å². The van der Waals surface area contributed by atoms with Crippen molar-refractivity contribution in [1.29, 1.82) is 0 Å². The molecule has 0 spiro atoms. The van der Waals surface area contributed by atoms with Crippen molar-refractivity contribution in [1.82, 2.24) is 4.90 Å². The maximum atomic E-state index is 9.14. The minimum absolute atomic E-state index is 0.466. The zero-order chi connectivity index (χ0) is 15.1. The van der Waals surface area contributed by atoms with Crippen molar-refractivity contribution >= 4 is 12.6 Å². The van der Waals surface area contributed by atoms with Gasteiger partial charge in [-0.2, -0.15) is 0 Å². The third-order valence-electron chi connectivity index (χ3n) is 4.24. The normalized spacial score (nSPS) is 16.9. The molecule has 0 bridgehead atoms. The second-order valence-corrected chi connectivity index (χ2v) is 5.87. The first-order chi connectivity index (χ1) is 10.2. The number of piperidine rings is 1. The van der Waals surface area contributed by atoms with Gasteiger partial charge in [-0.3, -0.25) is 4.90 Å². The summed E-state index contributed by atoms with van der Waals surface area (Å²) >= 11 is 0. The Morgan fingerprint density at radius 1 is 1.29 bits per heavy atom. The Hall–Kier alpha value is -1.04. The third-order valence-corrected chi connectivity index (χ3v) is 4.24. The minimum atomic E-state index is -1.44. The van der Waals surface area contributed by atoms with Crippen LogP contribution in [0.3, 0.4) is 0 Å². The van der Waals surface area contributed by atoms with E-state index >= 15 is 0 Å². The van der Waals surface area contributed by atoms with Crippen LogP contribution in [0.5, 0.6) is 5.75 Å². The van der Waals surface area contributed by atoms with E-state index in [1.807, 2.05) is 6.07 Å². The van der Waals surface area contributed by atoms with Crippen molar-refractivity contribution in [3.63, 3.8) is 0 Å². The Morgan fingerprint density at radius 2 is 2.05 bits per heavy atom. The van der Waals surface area contributed by atoms with Crippen LogP contribution in [-0.4, -0.2) is 48.3 Å². The molecular formula is C16H26BNO3. The molecule has 0 aromatic heterocycles. The monoisotopic (exact) mass is 291 g/mol. The highest BCUT2D eigenvalue weighted by Crippen LogP contribution is 2.21. The van der Waals surface area contributed by atoms with E-state index in [9.17, 15) is 0 Å². The van der Waals surface area contributed by atoms with Gasteiger partial charge in [0.2, 0.25) is 0 Å². The molecule has 0 atom stereocenters. The highest BCUT2D eigenvalue weighted by atomic mass is 16.5. The highest BCUT2D eigenvalue weighted by Gasteiger charge is 2.18. The quantitative estimate of drug-likeness (QED) is 0.743. The van der Waals surface area contributed by atoms with Crippen LogP contribution in [0.4, 0.5) is 0 Å². The fourth-order valence-electron chi connectivity index (χ4n) is 2.96. The molecule has 0 aliphatic carbocycles. The molecule has 1 aromatic rings. The summed E-state index contributed by atoms with van der Waals surface area (Å²) in [5.74, 6) is 1.61. The lowest BCUT2D eigenvalue weighted by atomic mass is 9.80. The van der Waals surface area contributed by atoms with Crippen LogP contribution in [0.25, 0.3) is 0 Å². The molecule has 21 heavy (non-hydrogen) atoms. The molecular weight excluding hydrogens is 265 g/mol. The van der Waals surface area contributed by atoms with E-state index in [0.29, 0.717) is 17.8 Å². The van der Waals surface area contributed by atoms with Crippen LogP contribution in [0.2, 0.25) is 0 Å². The fraction of sp³-hybridized carbons (Fsp3) is 0.625. The number of rotatable bonds is 7. The SMILES string of the molecule is CCCC1CCN(CCOc2cccc(B(O)O)c2)CC1. The van der Waals surface area contributed by atoms with E-state index in [1.54, 1.807) is 18.2 Å². The van der Waals surface area contributed by atoms with Crippen LogP contribution in [0.1, 0.15) is 32.6 Å². The number of hydrogen-bond acceptors (Lipinski definition) is 4. The molecule has 1 aliphatic heterocycles. The van der Waals surface area contributed by atoms with Crippen LogP contribution in [-0.2, 0) is 0 Å². The van der Waals surface area contributed by atoms with Gasteiger partial charge < -0.3 is 14.8 Å². The first-order valence-corrected chi connectivity index (χ1v) is 8.00. The Labute approximate surface area is 127 Å². The lowest BCUT2D eigenvalue weighted by molar-refractivity contribution is 0.151. The summed E-state index contributed by atoms with van der Waals surface area (Å²) in [6.07, 6.45) is 5.27. The van der Waals surface area contributed by atoms with Crippen LogP contribution in [0.15, 0.2) is 24.3 Å². The van der Waals surface area contributed by atoms with E-state index < -0.39 is 7.12 Å². The smallest absolute Gasteiger partial charge is 0.488 e. The van der Waals surface area contributed by atoms with Crippen LogP contribution in [0, 0.1) is 5.92 Å². The number of likely N-dealkylation sites (tertiary alicyclic amines) is 1. The Bertz CT molecular complexity index is 420. The predicted molar refractivity (Wildman–Crippen MR) is 85.8 cm³/mol. The molecule has 5 heteroatoms. The second-order valence-electron chi connectivity index (χ2n) is 5.87. The van der Waals surface area contributed by atoms with Crippen molar-refractivity contribution in [3.8, 4) is 5.75 Å². The van der Waals surface area contributed by atoms with E-state index in [4.69, 9.17) is 14.8 Å². The van der Waals surface area contributed by atoms with Gasteiger partial charge in [0.1, 0.15) is 12.4 Å². The predicted octanol–water partition coefficient (Wildman–Crippen LogP) is 1.26. The summed E-state index contributed by atoms with van der Waals surface area (Å²) < 4.78 is 5.71. The van der Waals surface area contributed by atoms with E-state index in [0.717, 1.165) is 12.5 Å². The Kier molecular flexibility index (Phi) is 6.55. The van der Waals surface area contributed by atoms with Crippen molar-refractivity contribution in [2.24, 2.45) is 5.92 Å². The second kappa shape index (κ2) is 8.42. The molecule has 0 radical (unpaired) electrons. The standard InChI is InChI=1S/C16H26BNO3/c1-2-4-14-7-9-18(10-8-14)11-12-21-16-6-3-5-15(13-16)17(19)20/h3,5-6,13-14,19-20H,2,4,7-12H2,1H3.